The second-order valence-corrected chi connectivity index (χ2v) is 13.1. The first kappa shape index (κ1) is 22.4. The lowest BCUT2D eigenvalue weighted by molar-refractivity contribution is 0.441. The first-order valence-corrected chi connectivity index (χ1v) is 12.5. The summed E-state index contributed by atoms with van der Waals surface area (Å²) in [4.78, 5) is 2.28. The molecule has 0 aliphatic heterocycles. The zero-order chi connectivity index (χ0) is 20.6. The standard InChI is InChI=1S/C22H30O2S3/c1-13-9-15(11-17(19(13)23)21(3,4)5)25-27-26-16-10-14(2)20(24)18(12-16)22(6,7)8/h9-12,23-24H,1-8H3. The number of aryl methyl sites for hydroxylation is 2. The molecular weight excluding hydrogens is 392 g/mol. The topological polar surface area (TPSA) is 40.5 Å². The van der Waals surface area contributed by atoms with Gasteiger partial charge in [-0.3, -0.25) is 0 Å². The van der Waals surface area contributed by atoms with Gasteiger partial charge in [0.15, 0.2) is 0 Å². The molecule has 0 saturated carbocycles. The van der Waals surface area contributed by atoms with Gasteiger partial charge < -0.3 is 10.2 Å². The highest BCUT2D eigenvalue weighted by Gasteiger charge is 2.22. The van der Waals surface area contributed by atoms with Crippen molar-refractivity contribution < 1.29 is 10.2 Å². The number of phenolic OH excluding ortho intramolecular Hbond substituents is 2. The van der Waals surface area contributed by atoms with Crippen molar-refractivity contribution >= 4 is 31.4 Å². The van der Waals surface area contributed by atoms with Crippen molar-refractivity contribution in [3.63, 3.8) is 0 Å². The lowest BCUT2D eigenvalue weighted by Crippen LogP contribution is -2.12. The molecule has 2 N–H and O–H groups in total. The number of hydrogen-bond donors (Lipinski definition) is 2. The van der Waals surface area contributed by atoms with Gasteiger partial charge in [-0.15, -0.1) is 0 Å². The lowest BCUT2D eigenvalue weighted by Gasteiger charge is -2.23. The molecule has 0 bridgehead atoms. The van der Waals surface area contributed by atoms with Crippen LogP contribution in [0.2, 0.25) is 0 Å². The molecule has 27 heavy (non-hydrogen) atoms. The maximum Gasteiger partial charge on any atom is 0.122 e. The Hall–Kier alpha value is -0.910. The minimum absolute atomic E-state index is 0.0983. The van der Waals surface area contributed by atoms with E-state index in [9.17, 15) is 10.2 Å². The van der Waals surface area contributed by atoms with Crippen molar-refractivity contribution in [3.05, 3.63) is 46.5 Å². The number of benzene rings is 2. The fourth-order valence-corrected chi connectivity index (χ4v) is 6.67. The second-order valence-electron chi connectivity index (χ2n) is 9.01. The van der Waals surface area contributed by atoms with Crippen LogP contribution in [-0.4, -0.2) is 10.2 Å². The molecule has 0 heterocycles. The van der Waals surface area contributed by atoms with Crippen molar-refractivity contribution in [1.29, 1.82) is 0 Å². The summed E-state index contributed by atoms with van der Waals surface area (Å²) in [5, 5.41) is 20.8. The summed E-state index contributed by atoms with van der Waals surface area (Å²) in [6.45, 7) is 16.6. The van der Waals surface area contributed by atoms with E-state index in [0.29, 0.717) is 11.5 Å². The molecule has 0 unspecified atom stereocenters. The van der Waals surface area contributed by atoms with Crippen LogP contribution >= 0.6 is 31.4 Å². The van der Waals surface area contributed by atoms with E-state index in [2.05, 4.69) is 53.7 Å². The molecule has 148 valence electrons. The summed E-state index contributed by atoms with van der Waals surface area (Å²) in [6.07, 6.45) is 0. The summed E-state index contributed by atoms with van der Waals surface area (Å²) in [6, 6.07) is 8.24. The van der Waals surface area contributed by atoms with E-state index >= 15 is 0 Å². The van der Waals surface area contributed by atoms with Gasteiger partial charge in [-0.25, -0.2) is 0 Å². The van der Waals surface area contributed by atoms with Gasteiger partial charge in [0.25, 0.3) is 0 Å². The minimum atomic E-state index is -0.0983. The van der Waals surface area contributed by atoms with Crippen LogP contribution in [0.5, 0.6) is 11.5 Å². The van der Waals surface area contributed by atoms with Crippen molar-refractivity contribution in [2.24, 2.45) is 0 Å². The average molecular weight is 423 g/mol. The Balaban J connectivity index is 2.18. The quantitative estimate of drug-likeness (QED) is 0.493. The van der Waals surface area contributed by atoms with Gasteiger partial charge in [0, 0.05) is 20.9 Å². The number of hydrogen-bond acceptors (Lipinski definition) is 5. The van der Waals surface area contributed by atoms with Gasteiger partial charge in [-0.1, -0.05) is 41.5 Å². The fourth-order valence-electron chi connectivity index (χ4n) is 2.83. The predicted octanol–water partition coefficient (Wildman–Crippen LogP) is 7.76. The Morgan fingerprint density at radius 2 is 0.963 bits per heavy atom. The third kappa shape index (κ3) is 5.55. The Kier molecular flexibility index (Phi) is 6.81. The van der Waals surface area contributed by atoms with Crippen molar-refractivity contribution in [1.82, 2.24) is 0 Å². The Labute approximate surface area is 175 Å². The van der Waals surface area contributed by atoms with E-state index in [-0.39, 0.29) is 10.8 Å². The second kappa shape index (κ2) is 8.22. The minimum Gasteiger partial charge on any atom is -0.507 e. The molecule has 0 fully saturated rings. The highest BCUT2D eigenvalue weighted by atomic mass is 33.5. The summed E-state index contributed by atoms with van der Waals surface area (Å²) in [5.41, 5.74) is 3.58. The van der Waals surface area contributed by atoms with Crippen LogP contribution in [0.4, 0.5) is 0 Å². The molecule has 2 aromatic carbocycles. The van der Waals surface area contributed by atoms with Crippen LogP contribution < -0.4 is 0 Å². The molecule has 0 aromatic heterocycles. The van der Waals surface area contributed by atoms with Gasteiger partial charge >= 0.3 is 0 Å². The van der Waals surface area contributed by atoms with Crippen LogP contribution in [0, 0.1) is 13.8 Å². The van der Waals surface area contributed by atoms with Gasteiger partial charge in [-0.2, -0.15) is 0 Å². The van der Waals surface area contributed by atoms with Crippen LogP contribution in [0.3, 0.4) is 0 Å². The largest absolute Gasteiger partial charge is 0.507 e. The zero-order valence-electron chi connectivity index (χ0n) is 17.4. The molecule has 0 atom stereocenters. The number of phenols is 2. The SMILES string of the molecule is Cc1cc(SSSc2cc(C)c(O)c(C(C)(C)C)c2)cc(C(C)(C)C)c1O. The number of aromatic hydroxyl groups is 2. The molecule has 2 nitrogen and oxygen atoms in total. The molecule has 2 rings (SSSR count). The van der Waals surface area contributed by atoms with Crippen LogP contribution in [-0.2, 0) is 10.8 Å². The van der Waals surface area contributed by atoms with Crippen LogP contribution in [0.25, 0.3) is 0 Å². The van der Waals surface area contributed by atoms with Crippen molar-refractivity contribution in [2.45, 2.75) is 76.0 Å². The molecular formula is C22H30O2S3. The van der Waals surface area contributed by atoms with Gasteiger partial charge in [-0.05, 0) is 91.5 Å². The average Bonchev–Trinajstić information content (AvgIpc) is 2.51. The van der Waals surface area contributed by atoms with Crippen molar-refractivity contribution in [2.75, 3.05) is 0 Å². The first-order chi connectivity index (χ1) is 12.3. The van der Waals surface area contributed by atoms with Crippen LogP contribution in [0.1, 0.15) is 63.8 Å². The van der Waals surface area contributed by atoms with E-state index in [1.807, 2.05) is 26.0 Å². The summed E-state index contributed by atoms with van der Waals surface area (Å²) >= 11 is 0. The maximum atomic E-state index is 10.4. The highest BCUT2D eigenvalue weighted by molar-refractivity contribution is 9.09. The van der Waals surface area contributed by atoms with Crippen LogP contribution in [0.15, 0.2) is 34.1 Å². The Morgan fingerprint density at radius 1 is 0.630 bits per heavy atom. The smallest absolute Gasteiger partial charge is 0.122 e. The third-order valence-electron chi connectivity index (χ3n) is 4.42. The molecule has 0 amide bonds. The highest BCUT2D eigenvalue weighted by Crippen LogP contribution is 2.48. The molecule has 5 heteroatoms. The zero-order valence-corrected chi connectivity index (χ0v) is 19.9. The van der Waals surface area contributed by atoms with Gasteiger partial charge in [0.1, 0.15) is 11.5 Å². The Morgan fingerprint density at radius 3 is 1.26 bits per heavy atom. The first-order valence-electron chi connectivity index (χ1n) is 9.00. The molecule has 0 radical (unpaired) electrons. The molecule has 0 aliphatic carbocycles. The summed E-state index contributed by atoms with van der Waals surface area (Å²) in [5.74, 6) is 0.793. The maximum absolute atomic E-state index is 10.4. The van der Waals surface area contributed by atoms with E-state index in [1.165, 1.54) is 0 Å². The third-order valence-corrected chi connectivity index (χ3v) is 8.20. The molecule has 2 aromatic rings. The Bertz CT molecular complexity index is 761. The molecule has 0 aliphatic rings. The van der Waals surface area contributed by atoms with E-state index in [0.717, 1.165) is 32.0 Å². The monoisotopic (exact) mass is 422 g/mol. The van der Waals surface area contributed by atoms with E-state index in [1.54, 1.807) is 31.4 Å². The van der Waals surface area contributed by atoms with Crippen molar-refractivity contribution in [3.8, 4) is 11.5 Å². The number of rotatable bonds is 4. The normalized spacial score (nSPS) is 12.4. The fraction of sp³-hybridized carbons (Fsp3) is 0.455. The predicted molar refractivity (Wildman–Crippen MR) is 122 cm³/mol. The van der Waals surface area contributed by atoms with Gasteiger partial charge in [0.05, 0.1) is 0 Å². The lowest BCUT2D eigenvalue weighted by atomic mass is 9.85. The molecule has 0 spiro atoms. The van der Waals surface area contributed by atoms with Gasteiger partial charge in [0.2, 0.25) is 0 Å². The van der Waals surface area contributed by atoms with E-state index in [4.69, 9.17) is 0 Å². The summed E-state index contributed by atoms with van der Waals surface area (Å²) in [7, 11) is 5.09. The summed E-state index contributed by atoms with van der Waals surface area (Å²) < 4.78 is 0. The molecule has 0 saturated heterocycles. The van der Waals surface area contributed by atoms with E-state index < -0.39 is 0 Å².